The minimum absolute atomic E-state index is 0.391. The van der Waals surface area contributed by atoms with Crippen molar-refractivity contribution in [2.45, 2.75) is 24.4 Å². The lowest BCUT2D eigenvalue weighted by Gasteiger charge is -2.36. The Morgan fingerprint density at radius 1 is 0.347 bits per heavy atom. The van der Waals surface area contributed by atoms with Gasteiger partial charge in [0.15, 0.2) is 0 Å². The third-order valence-corrected chi connectivity index (χ3v) is 9.84. The van der Waals surface area contributed by atoms with Gasteiger partial charge in [0.25, 0.3) is 0 Å². The molecule has 0 heterocycles. The number of hydrogen-bond acceptors (Lipinski definition) is 2. The Bertz CT molecular complexity index is 1860. The number of halogens is 1. The van der Waals surface area contributed by atoms with Gasteiger partial charge >= 0.3 is 0 Å². The van der Waals surface area contributed by atoms with E-state index in [1.54, 1.807) is 0 Å². The van der Waals surface area contributed by atoms with E-state index in [1.807, 2.05) is 36.4 Å². The van der Waals surface area contributed by atoms with Crippen LogP contribution in [0.25, 0.3) is 0 Å². The molecule has 7 aromatic rings. The highest BCUT2D eigenvalue weighted by Crippen LogP contribution is 2.43. The monoisotopic (exact) mass is 700 g/mol. The molecule has 0 aliphatic rings. The van der Waals surface area contributed by atoms with E-state index in [1.165, 1.54) is 0 Å². The van der Waals surface area contributed by atoms with Crippen LogP contribution in [-0.2, 0) is 33.9 Å². The predicted molar refractivity (Wildman–Crippen MR) is 202 cm³/mol. The Morgan fingerprint density at radius 3 is 0.918 bits per heavy atom. The third kappa shape index (κ3) is 6.66. The van der Waals surface area contributed by atoms with E-state index in [4.69, 9.17) is 9.47 Å². The summed E-state index contributed by atoms with van der Waals surface area (Å²) >= 11 is 3.90. The number of hydrogen-bond donors (Lipinski definition) is 0. The van der Waals surface area contributed by atoms with E-state index in [0.29, 0.717) is 13.2 Å². The molecule has 49 heavy (non-hydrogen) atoms. The van der Waals surface area contributed by atoms with Gasteiger partial charge in [-0.15, -0.1) is 0 Å². The van der Waals surface area contributed by atoms with Gasteiger partial charge in [-0.1, -0.05) is 210 Å². The van der Waals surface area contributed by atoms with Crippen molar-refractivity contribution in [1.29, 1.82) is 0 Å². The van der Waals surface area contributed by atoms with Gasteiger partial charge < -0.3 is 9.47 Å². The SMILES string of the molecule is Brc1cc(COC(c2ccccc2)(c2ccccc2)c2ccccc2)ccc1COC(c1ccccc1)(c1ccccc1)c1ccccc1. The van der Waals surface area contributed by atoms with Crippen LogP contribution in [0.4, 0.5) is 0 Å². The molecule has 0 amide bonds. The molecule has 0 spiro atoms. The molecule has 0 saturated heterocycles. The van der Waals surface area contributed by atoms with Crippen LogP contribution in [-0.4, -0.2) is 0 Å². The third-order valence-electron chi connectivity index (χ3n) is 9.10. The molecule has 0 bridgehead atoms. The molecule has 0 atom stereocenters. The predicted octanol–water partition coefficient (Wildman–Crippen LogP) is 11.5. The highest BCUT2D eigenvalue weighted by molar-refractivity contribution is 9.10. The maximum absolute atomic E-state index is 7.12. The van der Waals surface area contributed by atoms with Crippen molar-refractivity contribution in [2.24, 2.45) is 0 Å². The van der Waals surface area contributed by atoms with Crippen LogP contribution in [0, 0.1) is 0 Å². The zero-order valence-corrected chi connectivity index (χ0v) is 28.7. The first kappa shape index (κ1) is 32.5. The molecule has 0 fully saturated rings. The smallest absolute Gasteiger partial charge is 0.144 e. The molecule has 0 saturated carbocycles. The molecule has 3 heteroatoms. The fraction of sp³-hybridized carbons (Fsp3) is 0.0870. The lowest BCUT2D eigenvalue weighted by molar-refractivity contribution is -0.00136. The van der Waals surface area contributed by atoms with E-state index >= 15 is 0 Å². The van der Waals surface area contributed by atoms with Gasteiger partial charge in [-0.2, -0.15) is 0 Å². The van der Waals surface area contributed by atoms with Crippen LogP contribution in [0.5, 0.6) is 0 Å². The minimum Gasteiger partial charge on any atom is -0.356 e. The van der Waals surface area contributed by atoms with Crippen LogP contribution in [0.1, 0.15) is 44.5 Å². The van der Waals surface area contributed by atoms with Gasteiger partial charge in [-0.25, -0.2) is 0 Å². The van der Waals surface area contributed by atoms with Crippen molar-refractivity contribution in [3.8, 4) is 0 Å². The Hall–Kier alpha value is -5.06. The van der Waals surface area contributed by atoms with Gasteiger partial charge in [0.2, 0.25) is 0 Å². The molecule has 7 rings (SSSR count). The van der Waals surface area contributed by atoms with Crippen molar-refractivity contribution >= 4 is 15.9 Å². The Balaban J connectivity index is 1.22. The summed E-state index contributed by atoms with van der Waals surface area (Å²) in [6.45, 7) is 0.794. The lowest BCUT2D eigenvalue weighted by atomic mass is 9.80. The first-order chi connectivity index (χ1) is 24.2. The molecule has 0 aliphatic heterocycles. The molecule has 2 nitrogen and oxygen atoms in total. The second kappa shape index (κ2) is 15.0. The van der Waals surface area contributed by atoms with Crippen molar-refractivity contribution in [2.75, 3.05) is 0 Å². The Morgan fingerprint density at radius 2 is 0.633 bits per heavy atom. The molecule has 240 valence electrons. The highest BCUT2D eigenvalue weighted by atomic mass is 79.9. The molecule has 0 unspecified atom stereocenters. The average molecular weight is 702 g/mol. The van der Waals surface area contributed by atoms with Gasteiger partial charge in [0, 0.05) is 4.47 Å². The summed E-state index contributed by atoms with van der Waals surface area (Å²) in [7, 11) is 0. The second-order valence-corrected chi connectivity index (χ2v) is 12.9. The largest absolute Gasteiger partial charge is 0.356 e. The first-order valence-corrected chi connectivity index (χ1v) is 17.4. The molecule has 0 aliphatic carbocycles. The summed E-state index contributed by atoms with van der Waals surface area (Å²) < 4.78 is 15.2. The fourth-order valence-corrected chi connectivity index (χ4v) is 7.25. The van der Waals surface area contributed by atoms with Crippen molar-refractivity contribution in [3.63, 3.8) is 0 Å². The van der Waals surface area contributed by atoms with E-state index in [9.17, 15) is 0 Å². The fourth-order valence-electron chi connectivity index (χ4n) is 6.71. The maximum Gasteiger partial charge on any atom is 0.144 e. The van der Waals surface area contributed by atoms with E-state index in [0.717, 1.165) is 49.0 Å². The molecular weight excluding hydrogens is 664 g/mol. The standard InChI is InChI=1S/C46H37BrO2/c47-44-33-36(34-48-45(38-19-7-1-8-20-38,39-21-9-2-10-22-39)40-23-11-3-12-24-40)31-32-37(44)35-49-46(41-25-13-4-14-26-41,42-27-15-5-16-28-42)43-29-17-6-18-30-43/h1-33H,34-35H2. The summed E-state index contributed by atoms with van der Waals surface area (Å²) in [4.78, 5) is 0. The zero-order chi connectivity index (χ0) is 33.4. The van der Waals surface area contributed by atoms with Crippen LogP contribution in [0.2, 0.25) is 0 Å². The molecule has 0 N–H and O–H groups in total. The summed E-state index contributed by atoms with van der Waals surface area (Å²) in [6, 6.07) is 69.4. The van der Waals surface area contributed by atoms with Crippen LogP contribution >= 0.6 is 15.9 Å². The number of ether oxygens (including phenoxy) is 2. The van der Waals surface area contributed by atoms with Crippen molar-refractivity contribution in [3.05, 3.63) is 249 Å². The van der Waals surface area contributed by atoms with Gasteiger partial charge in [0.05, 0.1) is 13.2 Å². The molecule has 0 aromatic heterocycles. The number of benzene rings is 7. The van der Waals surface area contributed by atoms with Crippen LogP contribution < -0.4 is 0 Å². The van der Waals surface area contributed by atoms with Crippen LogP contribution in [0.3, 0.4) is 0 Å². The number of rotatable bonds is 12. The summed E-state index contributed by atoms with van der Waals surface area (Å²) in [5.74, 6) is 0. The molecule has 7 aromatic carbocycles. The minimum atomic E-state index is -0.800. The summed E-state index contributed by atoms with van der Waals surface area (Å²) in [5.41, 5.74) is 6.98. The topological polar surface area (TPSA) is 18.5 Å². The maximum atomic E-state index is 7.12. The van der Waals surface area contributed by atoms with Gasteiger partial charge in [0.1, 0.15) is 11.2 Å². The first-order valence-electron chi connectivity index (χ1n) is 16.6. The van der Waals surface area contributed by atoms with Gasteiger partial charge in [-0.3, -0.25) is 0 Å². The highest BCUT2D eigenvalue weighted by Gasteiger charge is 2.39. The lowest BCUT2D eigenvalue weighted by Crippen LogP contribution is -2.33. The normalized spacial score (nSPS) is 11.7. The van der Waals surface area contributed by atoms with Gasteiger partial charge in [-0.05, 0) is 50.6 Å². The average Bonchev–Trinajstić information content (AvgIpc) is 3.18. The van der Waals surface area contributed by atoms with Crippen molar-refractivity contribution < 1.29 is 9.47 Å². The van der Waals surface area contributed by atoms with E-state index < -0.39 is 11.2 Å². The van der Waals surface area contributed by atoms with E-state index in [2.05, 4.69) is 180 Å². The zero-order valence-electron chi connectivity index (χ0n) is 27.2. The van der Waals surface area contributed by atoms with Crippen molar-refractivity contribution in [1.82, 2.24) is 0 Å². The molecule has 0 radical (unpaired) electrons. The summed E-state index contributed by atoms with van der Waals surface area (Å²) in [6.07, 6.45) is 0. The Kier molecular flexibility index (Phi) is 9.95. The molecular formula is C46H37BrO2. The quantitative estimate of drug-likeness (QED) is 0.118. The Labute approximate surface area is 297 Å². The summed E-state index contributed by atoms with van der Waals surface area (Å²) in [5, 5.41) is 0. The van der Waals surface area contributed by atoms with E-state index in [-0.39, 0.29) is 0 Å². The second-order valence-electron chi connectivity index (χ2n) is 12.1. The van der Waals surface area contributed by atoms with Crippen LogP contribution in [0.15, 0.2) is 205 Å².